The SMILES string of the molecule is C[C@H]1C(=O)Nc2ccc(C(=O)COc3cccc4ccccc34)cc21. The summed E-state index contributed by atoms with van der Waals surface area (Å²) in [6.07, 6.45) is 0. The number of anilines is 1. The van der Waals surface area contributed by atoms with E-state index in [2.05, 4.69) is 5.32 Å². The van der Waals surface area contributed by atoms with Crippen molar-refractivity contribution < 1.29 is 14.3 Å². The summed E-state index contributed by atoms with van der Waals surface area (Å²) in [6.45, 7) is 1.80. The van der Waals surface area contributed by atoms with E-state index in [9.17, 15) is 9.59 Å². The van der Waals surface area contributed by atoms with Crippen molar-refractivity contribution in [3.8, 4) is 5.75 Å². The van der Waals surface area contributed by atoms with E-state index < -0.39 is 0 Å². The molecule has 1 heterocycles. The number of carbonyl (C=O) groups excluding carboxylic acids is 2. The molecule has 0 fully saturated rings. The Kier molecular flexibility index (Phi) is 3.73. The van der Waals surface area contributed by atoms with Gasteiger partial charge in [0.1, 0.15) is 5.75 Å². The van der Waals surface area contributed by atoms with Crippen LogP contribution in [-0.2, 0) is 4.79 Å². The Bertz CT molecular complexity index is 988. The Labute approximate surface area is 145 Å². The highest BCUT2D eigenvalue weighted by molar-refractivity contribution is 6.05. The highest BCUT2D eigenvalue weighted by Gasteiger charge is 2.27. The summed E-state index contributed by atoms with van der Waals surface area (Å²) in [5.74, 6) is 0.313. The number of ketones is 1. The highest BCUT2D eigenvalue weighted by atomic mass is 16.5. The minimum absolute atomic E-state index is 0.0356. The van der Waals surface area contributed by atoms with Crippen LogP contribution in [0.15, 0.2) is 60.7 Å². The zero-order valence-electron chi connectivity index (χ0n) is 13.8. The normalized spacial score (nSPS) is 15.7. The van der Waals surface area contributed by atoms with Gasteiger partial charge in [-0.1, -0.05) is 36.4 Å². The molecule has 4 rings (SSSR count). The van der Waals surface area contributed by atoms with Gasteiger partial charge in [-0.3, -0.25) is 9.59 Å². The minimum atomic E-state index is -0.235. The topological polar surface area (TPSA) is 55.4 Å². The highest BCUT2D eigenvalue weighted by Crippen LogP contribution is 2.33. The molecule has 1 atom stereocenters. The van der Waals surface area contributed by atoms with Crippen molar-refractivity contribution >= 4 is 28.2 Å². The first-order valence-electron chi connectivity index (χ1n) is 8.22. The molecule has 0 saturated heterocycles. The Morgan fingerprint density at radius 1 is 1.08 bits per heavy atom. The lowest BCUT2D eigenvalue weighted by atomic mass is 9.99. The predicted molar refractivity (Wildman–Crippen MR) is 97.3 cm³/mol. The van der Waals surface area contributed by atoms with Gasteiger partial charge in [-0.15, -0.1) is 0 Å². The molecule has 1 amide bonds. The van der Waals surface area contributed by atoms with Gasteiger partial charge in [0, 0.05) is 16.6 Å². The largest absolute Gasteiger partial charge is 0.485 e. The third kappa shape index (κ3) is 2.76. The van der Waals surface area contributed by atoms with E-state index in [4.69, 9.17) is 4.74 Å². The summed E-state index contributed by atoms with van der Waals surface area (Å²) in [7, 11) is 0. The van der Waals surface area contributed by atoms with Gasteiger partial charge < -0.3 is 10.1 Å². The maximum Gasteiger partial charge on any atom is 0.231 e. The summed E-state index contributed by atoms with van der Waals surface area (Å²) in [5.41, 5.74) is 2.20. The minimum Gasteiger partial charge on any atom is -0.485 e. The van der Waals surface area contributed by atoms with Crippen molar-refractivity contribution in [1.82, 2.24) is 0 Å². The van der Waals surface area contributed by atoms with Crippen molar-refractivity contribution in [3.05, 3.63) is 71.8 Å². The Morgan fingerprint density at radius 3 is 2.76 bits per heavy atom. The van der Waals surface area contributed by atoms with Crippen LogP contribution in [0.2, 0.25) is 0 Å². The number of ether oxygens (including phenoxy) is 1. The Balaban J connectivity index is 1.54. The molecule has 0 radical (unpaired) electrons. The third-order valence-corrected chi connectivity index (χ3v) is 4.60. The lowest BCUT2D eigenvalue weighted by Crippen LogP contribution is -2.12. The smallest absolute Gasteiger partial charge is 0.231 e. The van der Waals surface area contributed by atoms with Crippen LogP contribution in [0.25, 0.3) is 10.8 Å². The summed E-state index contributed by atoms with van der Waals surface area (Å²) in [6, 6.07) is 19.0. The summed E-state index contributed by atoms with van der Waals surface area (Å²) >= 11 is 0. The molecule has 0 bridgehead atoms. The first-order valence-corrected chi connectivity index (χ1v) is 8.22. The van der Waals surface area contributed by atoms with Crippen LogP contribution >= 0.6 is 0 Å². The monoisotopic (exact) mass is 331 g/mol. The van der Waals surface area contributed by atoms with Gasteiger partial charge in [0.2, 0.25) is 5.91 Å². The van der Waals surface area contributed by atoms with Crippen LogP contribution in [0.1, 0.15) is 28.8 Å². The van der Waals surface area contributed by atoms with Crippen molar-refractivity contribution in [2.75, 3.05) is 11.9 Å². The van der Waals surface area contributed by atoms with Gasteiger partial charge in [0.15, 0.2) is 12.4 Å². The summed E-state index contributed by atoms with van der Waals surface area (Å²) in [5, 5.41) is 4.86. The molecule has 3 aromatic rings. The second-order valence-corrected chi connectivity index (χ2v) is 6.20. The van der Waals surface area contributed by atoms with Gasteiger partial charge in [-0.25, -0.2) is 0 Å². The number of amides is 1. The Morgan fingerprint density at radius 2 is 1.88 bits per heavy atom. The maximum atomic E-state index is 12.5. The van der Waals surface area contributed by atoms with Crippen molar-refractivity contribution in [1.29, 1.82) is 0 Å². The zero-order valence-corrected chi connectivity index (χ0v) is 13.8. The fraction of sp³-hybridized carbons (Fsp3) is 0.143. The Hall–Kier alpha value is -3.14. The molecule has 1 aliphatic rings. The molecule has 1 N–H and O–H groups in total. The average Bonchev–Trinajstić information content (AvgIpc) is 2.93. The van der Waals surface area contributed by atoms with Crippen LogP contribution in [0, 0.1) is 0 Å². The van der Waals surface area contributed by atoms with Crippen LogP contribution < -0.4 is 10.1 Å². The first-order chi connectivity index (χ1) is 12.1. The first kappa shape index (κ1) is 15.4. The van der Waals surface area contributed by atoms with E-state index in [0.29, 0.717) is 11.3 Å². The quantitative estimate of drug-likeness (QED) is 0.731. The molecule has 0 aromatic heterocycles. The van der Waals surface area contributed by atoms with Gasteiger partial charge >= 0.3 is 0 Å². The molecule has 0 saturated carbocycles. The summed E-state index contributed by atoms with van der Waals surface area (Å²) in [4.78, 5) is 24.2. The molecule has 0 unspecified atom stereocenters. The lowest BCUT2D eigenvalue weighted by Gasteiger charge is -2.10. The number of nitrogens with one attached hydrogen (secondary N) is 1. The van der Waals surface area contributed by atoms with Gasteiger partial charge in [-0.2, -0.15) is 0 Å². The molecule has 124 valence electrons. The number of hydrogen-bond acceptors (Lipinski definition) is 3. The van der Waals surface area contributed by atoms with Crippen LogP contribution in [0.4, 0.5) is 5.69 Å². The number of rotatable bonds is 4. The second-order valence-electron chi connectivity index (χ2n) is 6.20. The number of hydrogen-bond donors (Lipinski definition) is 1. The molecule has 3 aromatic carbocycles. The molecular weight excluding hydrogens is 314 g/mol. The second kappa shape index (κ2) is 6.06. The fourth-order valence-corrected chi connectivity index (χ4v) is 3.14. The van der Waals surface area contributed by atoms with E-state index in [1.54, 1.807) is 18.2 Å². The lowest BCUT2D eigenvalue weighted by molar-refractivity contribution is -0.116. The summed E-state index contributed by atoms with van der Waals surface area (Å²) < 4.78 is 5.77. The average molecular weight is 331 g/mol. The van der Waals surface area contributed by atoms with Gasteiger partial charge in [0.25, 0.3) is 0 Å². The number of carbonyl (C=O) groups is 2. The molecular formula is C21H17NO3. The van der Waals surface area contributed by atoms with Crippen LogP contribution in [-0.4, -0.2) is 18.3 Å². The number of benzene rings is 3. The molecule has 0 spiro atoms. The zero-order chi connectivity index (χ0) is 17.4. The molecule has 4 heteroatoms. The fourth-order valence-electron chi connectivity index (χ4n) is 3.14. The van der Waals surface area contributed by atoms with Crippen LogP contribution in [0.3, 0.4) is 0 Å². The number of fused-ring (bicyclic) bond motifs is 2. The van der Waals surface area contributed by atoms with Gasteiger partial charge in [0.05, 0.1) is 5.92 Å². The third-order valence-electron chi connectivity index (χ3n) is 4.60. The number of Topliss-reactive ketones (excluding diaryl/α,β-unsaturated/α-hetero) is 1. The standard InChI is InChI=1S/C21H17NO3/c1-13-17-11-15(9-10-18(17)22-21(13)24)19(23)12-25-20-8-4-6-14-5-2-3-7-16(14)20/h2-11,13H,12H2,1H3,(H,22,24)/t13-/m1/s1. The van der Waals surface area contributed by atoms with E-state index in [1.165, 1.54) is 0 Å². The maximum absolute atomic E-state index is 12.5. The van der Waals surface area contributed by atoms with E-state index in [-0.39, 0.29) is 24.2 Å². The molecule has 1 aliphatic heterocycles. The van der Waals surface area contributed by atoms with Crippen molar-refractivity contribution in [2.45, 2.75) is 12.8 Å². The van der Waals surface area contributed by atoms with Crippen LogP contribution in [0.5, 0.6) is 5.75 Å². The predicted octanol–water partition coefficient (Wildman–Crippen LogP) is 4.16. The molecule has 0 aliphatic carbocycles. The molecule has 25 heavy (non-hydrogen) atoms. The molecule has 4 nitrogen and oxygen atoms in total. The van der Waals surface area contributed by atoms with Crippen molar-refractivity contribution in [3.63, 3.8) is 0 Å². The van der Waals surface area contributed by atoms with E-state index >= 15 is 0 Å². The van der Waals surface area contributed by atoms with E-state index in [1.807, 2.05) is 49.4 Å². The van der Waals surface area contributed by atoms with Crippen molar-refractivity contribution in [2.24, 2.45) is 0 Å². The van der Waals surface area contributed by atoms with E-state index in [0.717, 1.165) is 22.0 Å². The van der Waals surface area contributed by atoms with Gasteiger partial charge in [-0.05, 0) is 42.1 Å².